The maximum absolute atomic E-state index is 12.6. The molecule has 2 unspecified atom stereocenters. The second kappa shape index (κ2) is 7.42. The summed E-state index contributed by atoms with van der Waals surface area (Å²) in [6.45, 7) is 5.36. The van der Waals surface area contributed by atoms with Gasteiger partial charge in [0.15, 0.2) is 5.75 Å². The van der Waals surface area contributed by atoms with Crippen molar-refractivity contribution in [3.8, 4) is 5.75 Å². The number of ether oxygens (including phenoxy) is 1. The highest BCUT2D eigenvalue weighted by Crippen LogP contribution is 2.28. The van der Waals surface area contributed by atoms with Gasteiger partial charge in [-0.1, -0.05) is 0 Å². The highest BCUT2D eigenvalue weighted by molar-refractivity contribution is 5.95. The van der Waals surface area contributed by atoms with Crippen molar-refractivity contribution in [1.82, 2.24) is 10.2 Å². The lowest BCUT2D eigenvalue weighted by Crippen LogP contribution is -2.57. The number of piperazine rings is 1. The number of carbonyl (C=O) groups excluding carboxylic acids is 1. The Balaban J connectivity index is 0.00000242. The molecule has 0 aromatic heterocycles. The standard InChI is InChI=1S/C14H19N3O4.ClH/c1-9-10(2)16(7-6-15-9)14(18)11-4-5-12(17(19)20)13(8-11)21-3;/h4-5,8-10,15H,6-7H2,1-3H3;1H. The molecule has 7 nitrogen and oxygen atoms in total. The van der Waals surface area contributed by atoms with E-state index in [9.17, 15) is 14.9 Å². The molecule has 8 heteroatoms. The Morgan fingerprint density at radius 3 is 2.73 bits per heavy atom. The Morgan fingerprint density at radius 1 is 1.45 bits per heavy atom. The number of benzene rings is 1. The van der Waals surface area contributed by atoms with Crippen LogP contribution >= 0.6 is 12.4 Å². The van der Waals surface area contributed by atoms with Gasteiger partial charge in [0, 0.05) is 42.9 Å². The van der Waals surface area contributed by atoms with Crippen LogP contribution in [0, 0.1) is 10.1 Å². The summed E-state index contributed by atoms with van der Waals surface area (Å²) in [5.41, 5.74) is 0.258. The summed E-state index contributed by atoms with van der Waals surface area (Å²) in [5.74, 6) is -0.0364. The number of amides is 1. The molecule has 0 radical (unpaired) electrons. The molecule has 1 aromatic carbocycles. The van der Waals surface area contributed by atoms with Gasteiger partial charge in [0.05, 0.1) is 12.0 Å². The van der Waals surface area contributed by atoms with E-state index in [-0.39, 0.29) is 41.8 Å². The monoisotopic (exact) mass is 329 g/mol. The Morgan fingerprint density at radius 2 is 2.14 bits per heavy atom. The summed E-state index contributed by atoms with van der Waals surface area (Å²) in [6.07, 6.45) is 0. The van der Waals surface area contributed by atoms with E-state index in [1.165, 1.54) is 25.3 Å². The molecule has 1 aliphatic heterocycles. The fourth-order valence-corrected chi connectivity index (χ4v) is 2.47. The number of halogens is 1. The van der Waals surface area contributed by atoms with Crippen LogP contribution in [0.5, 0.6) is 5.75 Å². The predicted molar refractivity (Wildman–Crippen MR) is 84.9 cm³/mol. The molecule has 1 fully saturated rings. The minimum absolute atomic E-state index is 0. The van der Waals surface area contributed by atoms with Gasteiger partial charge in [-0.2, -0.15) is 0 Å². The largest absolute Gasteiger partial charge is 0.490 e. The van der Waals surface area contributed by atoms with Crippen molar-refractivity contribution in [1.29, 1.82) is 0 Å². The van der Waals surface area contributed by atoms with E-state index < -0.39 is 4.92 Å². The molecule has 1 heterocycles. The average molecular weight is 330 g/mol. The number of nitrogens with zero attached hydrogens (tertiary/aromatic N) is 2. The van der Waals surface area contributed by atoms with Crippen molar-refractivity contribution >= 4 is 24.0 Å². The molecule has 1 N–H and O–H groups in total. The molecule has 0 bridgehead atoms. The van der Waals surface area contributed by atoms with Gasteiger partial charge in [-0.25, -0.2) is 0 Å². The first-order valence-corrected chi connectivity index (χ1v) is 6.82. The van der Waals surface area contributed by atoms with Crippen molar-refractivity contribution in [3.63, 3.8) is 0 Å². The molecule has 122 valence electrons. The molecular formula is C14H20ClN3O4. The SMILES string of the molecule is COc1cc(C(=O)N2CCNC(C)C2C)ccc1[N+](=O)[O-].Cl. The predicted octanol–water partition coefficient (Wildman–Crippen LogP) is 1.85. The highest BCUT2D eigenvalue weighted by Gasteiger charge is 2.29. The van der Waals surface area contributed by atoms with E-state index in [0.717, 1.165) is 6.54 Å². The Labute approximate surface area is 135 Å². The Bertz CT molecular complexity index is 567. The number of methoxy groups -OCH3 is 1. The van der Waals surface area contributed by atoms with Gasteiger partial charge in [-0.05, 0) is 19.9 Å². The maximum atomic E-state index is 12.6. The zero-order chi connectivity index (χ0) is 15.6. The van der Waals surface area contributed by atoms with E-state index >= 15 is 0 Å². The number of carbonyl (C=O) groups is 1. The molecule has 1 aliphatic rings. The van der Waals surface area contributed by atoms with Crippen LogP contribution < -0.4 is 10.1 Å². The van der Waals surface area contributed by atoms with Gasteiger partial charge in [0.25, 0.3) is 5.91 Å². The van der Waals surface area contributed by atoms with Crippen LogP contribution in [0.1, 0.15) is 24.2 Å². The summed E-state index contributed by atoms with van der Waals surface area (Å²) >= 11 is 0. The van der Waals surface area contributed by atoms with E-state index in [1.807, 2.05) is 13.8 Å². The fourth-order valence-electron chi connectivity index (χ4n) is 2.47. The van der Waals surface area contributed by atoms with Crippen molar-refractivity contribution in [2.24, 2.45) is 0 Å². The maximum Gasteiger partial charge on any atom is 0.310 e. The second-order valence-corrected chi connectivity index (χ2v) is 5.13. The van der Waals surface area contributed by atoms with E-state index in [4.69, 9.17) is 4.74 Å². The normalized spacial score (nSPS) is 21.0. The third kappa shape index (κ3) is 3.48. The number of hydrogen-bond donors (Lipinski definition) is 1. The lowest BCUT2D eigenvalue weighted by atomic mass is 10.0. The van der Waals surface area contributed by atoms with Crippen molar-refractivity contribution in [3.05, 3.63) is 33.9 Å². The third-order valence-electron chi connectivity index (χ3n) is 3.92. The van der Waals surface area contributed by atoms with E-state index in [2.05, 4.69) is 5.32 Å². The summed E-state index contributed by atoms with van der Waals surface area (Å²) in [7, 11) is 1.35. The number of rotatable bonds is 3. The van der Waals surface area contributed by atoms with Gasteiger partial charge >= 0.3 is 5.69 Å². The summed E-state index contributed by atoms with van der Waals surface area (Å²) in [4.78, 5) is 24.7. The first-order chi connectivity index (χ1) is 9.95. The smallest absolute Gasteiger partial charge is 0.310 e. The summed E-state index contributed by atoms with van der Waals surface area (Å²) in [5, 5.41) is 14.2. The topological polar surface area (TPSA) is 84.7 Å². The van der Waals surface area contributed by atoms with Crippen molar-refractivity contribution in [2.75, 3.05) is 20.2 Å². The number of hydrogen-bond acceptors (Lipinski definition) is 5. The van der Waals surface area contributed by atoms with Crippen LogP contribution in [-0.2, 0) is 0 Å². The van der Waals surface area contributed by atoms with E-state index in [1.54, 1.807) is 4.90 Å². The summed E-state index contributed by atoms with van der Waals surface area (Å²) in [6, 6.07) is 4.49. The Hall–Kier alpha value is -1.86. The van der Waals surface area contributed by atoms with Crippen LogP contribution in [0.4, 0.5) is 5.69 Å². The zero-order valence-corrected chi connectivity index (χ0v) is 13.6. The fraction of sp³-hybridized carbons (Fsp3) is 0.500. The molecule has 22 heavy (non-hydrogen) atoms. The molecule has 1 aromatic rings. The first kappa shape index (κ1) is 18.2. The second-order valence-electron chi connectivity index (χ2n) is 5.13. The van der Waals surface area contributed by atoms with Crippen molar-refractivity contribution in [2.45, 2.75) is 25.9 Å². The average Bonchev–Trinajstić information content (AvgIpc) is 2.48. The molecule has 1 amide bonds. The van der Waals surface area contributed by atoms with Crippen LogP contribution in [0.25, 0.3) is 0 Å². The highest BCUT2D eigenvalue weighted by atomic mass is 35.5. The van der Waals surface area contributed by atoms with Gasteiger partial charge < -0.3 is 15.0 Å². The lowest BCUT2D eigenvalue weighted by molar-refractivity contribution is -0.385. The van der Waals surface area contributed by atoms with Crippen LogP contribution in [0.3, 0.4) is 0 Å². The van der Waals surface area contributed by atoms with Crippen molar-refractivity contribution < 1.29 is 14.5 Å². The van der Waals surface area contributed by atoms with Gasteiger partial charge in [0.1, 0.15) is 0 Å². The molecule has 0 aliphatic carbocycles. The molecule has 0 spiro atoms. The molecule has 2 atom stereocenters. The number of nitro groups is 1. The summed E-state index contributed by atoms with van der Waals surface area (Å²) < 4.78 is 5.01. The van der Waals surface area contributed by atoms with Gasteiger partial charge in [-0.3, -0.25) is 14.9 Å². The first-order valence-electron chi connectivity index (χ1n) is 6.82. The van der Waals surface area contributed by atoms with Gasteiger partial charge in [0.2, 0.25) is 0 Å². The molecule has 1 saturated heterocycles. The molecule has 2 rings (SSSR count). The molecule has 0 saturated carbocycles. The van der Waals surface area contributed by atoms with E-state index in [0.29, 0.717) is 12.1 Å². The van der Waals surface area contributed by atoms with Crippen LogP contribution in [0.2, 0.25) is 0 Å². The quantitative estimate of drug-likeness (QED) is 0.675. The zero-order valence-electron chi connectivity index (χ0n) is 12.7. The number of nitrogens with one attached hydrogen (secondary N) is 1. The molecular weight excluding hydrogens is 310 g/mol. The minimum atomic E-state index is -0.525. The Kier molecular flexibility index (Phi) is 6.13. The van der Waals surface area contributed by atoms with Crippen LogP contribution in [0.15, 0.2) is 18.2 Å². The number of nitro benzene ring substituents is 1. The van der Waals surface area contributed by atoms with Crippen LogP contribution in [-0.4, -0.2) is 48.0 Å². The van der Waals surface area contributed by atoms with Gasteiger partial charge in [-0.15, -0.1) is 12.4 Å². The third-order valence-corrected chi connectivity index (χ3v) is 3.92. The lowest BCUT2D eigenvalue weighted by Gasteiger charge is -2.38. The minimum Gasteiger partial charge on any atom is -0.490 e.